The van der Waals surface area contributed by atoms with Crippen molar-refractivity contribution in [2.45, 2.75) is 32.1 Å². The maximum absolute atomic E-state index is 13.6. The number of halogens is 1. The molecule has 0 radical (unpaired) electrons. The van der Waals surface area contributed by atoms with Gasteiger partial charge in [0.05, 0.1) is 5.56 Å². The molecule has 2 N–H and O–H groups in total. The van der Waals surface area contributed by atoms with Gasteiger partial charge in [-0.05, 0) is 25.0 Å². The second kappa shape index (κ2) is 4.96. The number of hydrogen-bond acceptors (Lipinski definition) is 2. The van der Waals surface area contributed by atoms with Crippen LogP contribution in [0.2, 0.25) is 0 Å². The fourth-order valence-corrected chi connectivity index (χ4v) is 2.68. The van der Waals surface area contributed by atoms with Crippen LogP contribution in [0.3, 0.4) is 0 Å². The predicted molar refractivity (Wildman–Crippen MR) is 65.3 cm³/mol. The normalized spacial score (nSPS) is 18.9. The maximum Gasteiger partial charge on any atom is 0.173 e. The van der Waals surface area contributed by atoms with Crippen molar-refractivity contribution in [1.29, 1.82) is 0 Å². The van der Waals surface area contributed by atoms with E-state index in [-0.39, 0.29) is 11.3 Å². The van der Waals surface area contributed by atoms with Crippen LogP contribution >= 0.6 is 0 Å². The molecule has 2 rings (SSSR count). The highest BCUT2D eigenvalue weighted by molar-refractivity contribution is 6.01. The lowest BCUT2D eigenvalue weighted by Crippen LogP contribution is -2.40. The Kier molecular flexibility index (Phi) is 3.57. The van der Waals surface area contributed by atoms with Crippen molar-refractivity contribution in [1.82, 2.24) is 0 Å². The lowest BCUT2D eigenvalue weighted by atomic mass is 9.69. The largest absolute Gasteiger partial charge is 0.329 e. The molecule has 2 nitrogen and oxygen atoms in total. The lowest BCUT2D eigenvalue weighted by Gasteiger charge is -2.34. The predicted octanol–water partition coefficient (Wildman–Crippen LogP) is 2.92. The van der Waals surface area contributed by atoms with E-state index < -0.39 is 11.2 Å². The van der Waals surface area contributed by atoms with Gasteiger partial charge in [-0.2, -0.15) is 0 Å². The summed E-state index contributed by atoms with van der Waals surface area (Å²) in [6, 6.07) is 6.19. The third-order valence-electron chi connectivity index (χ3n) is 3.80. The molecule has 1 aliphatic rings. The van der Waals surface area contributed by atoms with Crippen molar-refractivity contribution in [3.05, 3.63) is 35.6 Å². The van der Waals surface area contributed by atoms with E-state index >= 15 is 0 Å². The Balaban J connectivity index is 2.32. The molecule has 0 saturated heterocycles. The van der Waals surface area contributed by atoms with Crippen LogP contribution in [0.5, 0.6) is 0 Å². The van der Waals surface area contributed by atoms with Crippen LogP contribution in [0.4, 0.5) is 4.39 Å². The van der Waals surface area contributed by atoms with Crippen molar-refractivity contribution in [2.24, 2.45) is 11.1 Å². The van der Waals surface area contributed by atoms with Gasteiger partial charge in [-0.25, -0.2) is 4.39 Å². The van der Waals surface area contributed by atoms with E-state index in [9.17, 15) is 9.18 Å². The Hall–Kier alpha value is -1.22. The molecule has 0 heterocycles. The van der Waals surface area contributed by atoms with Crippen LogP contribution < -0.4 is 5.73 Å². The highest BCUT2D eigenvalue weighted by Crippen LogP contribution is 2.38. The molecule has 1 saturated carbocycles. The molecule has 0 spiro atoms. The first-order valence-corrected chi connectivity index (χ1v) is 6.19. The molecular formula is C14H18FNO. The second-order valence-corrected chi connectivity index (χ2v) is 4.85. The van der Waals surface area contributed by atoms with E-state index in [4.69, 9.17) is 5.73 Å². The lowest BCUT2D eigenvalue weighted by molar-refractivity contribution is 0.0725. The van der Waals surface area contributed by atoms with E-state index in [1.807, 2.05) is 0 Å². The quantitative estimate of drug-likeness (QED) is 0.818. The Morgan fingerprint density at radius 1 is 1.24 bits per heavy atom. The summed E-state index contributed by atoms with van der Waals surface area (Å²) in [6.07, 6.45) is 4.74. The zero-order valence-electron chi connectivity index (χ0n) is 9.92. The van der Waals surface area contributed by atoms with Crippen LogP contribution in [-0.4, -0.2) is 12.3 Å². The van der Waals surface area contributed by atoms with E-state index in [1.54, 1.807) is 18.2 Å². The van der Waals surface area contributed by atoms with Crippen molar-refractivity contribution in [3.8, 4) is 0 Å². The summed E-state index contributed by atoms with van der Waals surface area (Å²) in [6.45, 7) is 0.320. The number of rotatable bonds is 3. The molecule has 1 fully saturated rings. The maximum atomic E-state index is 13.6. The zero-order chi connectivity index (χ0) is 12.3. The Bertz CT molecular complexity index is 410. The number of ketones is 1. The van der Waals surface area contributed by atoms with Crippen molar-refractivity contribution in [3.63, 3.8) is 0 Å². The summed E-state index contributed by atoms with van der Waals surface area (Å²) in [7, 11) is 0. The van der Waals surface area contributed by atoms with Crippen LogP contribution in [0.15, 0.2) is 24.3 Å². The van der Waals surface area contributed by atoms with Gasteiger partial charge in [0, 0.05) is 12.0 Å². The van der Waals surface area contributed by atoms with Crippen LogP contribution in [0.25, 0.3) is 0 Å². The summed E-state index contributed by atoms with van der Waals surface area (Å²) in [4.78, 5) is 12.5. The average Bonchev–Trinajstić information content (AvgIpc) is 2.39. The highest BCUT2D eigenvalue weighted by Gasteiger charge is 2.39. The molecule has 1 aromatic rings. The topological polar surface area (TPSA) is 43.1 Å². The van der Waals surface area contributed by atoms with Crippen molar-refractivity contribution in [2.75, 3.05) is 6.54 Å². The van der Waals surface area contributed by atoms with Crippen molar-refractivity contribution >= 4 is 5.78 Å². The first-order chi connectivity index (χ1) is 8.19. The van der Waals surface area contributed by atoms with E-state index in [2.05, 4.69) is 0 Å². The molecule has 0 amide bonds. The molecule has 0 unspecified atom stereocenters. The molecule has 0 bridgehead atoms. The monoisotopic (exact) mass is 235 g/mol. The zero-order valence-corrected chi connectivity index (χ0v) is 9.92. The third-order valence-corrected chi connectivity index (χ3v) is 3.80. The summed E-state index contributed by atoms with van der Waals surface area (Å²) in [5.74, 6) is -0.548. The van der Waals surface area contributed by atoms with Crippen LogP contribution in [0, 0.1) is 11.2 Å². The minimum absolute atomic E-state index is 0.113. The van der Waals surface area contributed by atoms with Crippen molar-refractivity contribution < 1.29 is 9.18 Å². The number of hydrogen-bond donors (Lipinski definition) is 1. The van der Waals surface area contributed by atoms with Gasteiger partial charge < -0.3 is 5.73 Å². The fraction of sp³-hybridized carbons (Fsp3) is 0.500. The highest BCUT2D eigenvalue weighted by atomic mass is 19.1. The number of carbonyl (C=O) groups excluding carboxylic acids is 1. The smallest absolute Gasteiger partial charge is 0.173 e. The van der Waals surface area contributed by atoms with E-state index in [1.165, 1.54) is 6.07 Å². The second-order valence-electron chi connectivity index (χ2n) is 4.85. The van der Waals surface area contributed by atoms with Gasteiger partial charge in [0.15, 0.2) is 5.78 Å². The molecule has 3 heteroatoms. The Morgan fingerprint density at radius 2 is 1.88 bits per heavy atom. The fourth-order valence-electron chi connectivity index (χ4n) is 2.68. The van der Waals surface area contributed by atoms with Gasteiger partial charge in [-0.1, -0.05) is 31.4 Å². The van der Waals surface area contributed by atoms with Gasteiger partial charge in [0.1, 0.15) is 5.82 Å². The summed E-state index contributed by atoms with van der Waals surface area (Å²) < 4.78 is 13.6. The number of benzene rings is 1. The number of nitrogens with two attached hydrogens (primary N) is 1. The summed E-state index contributed by atoms with van der Waals surface area (Å²) in [5, 5.41) is 0. The molecule has 92 valence electrons. The van der Waals surface area contributed by atoms with Gasteiger partial charge in [-0.3, -0.25) is 4.79 Å². The average molecular weight is 235 g/mol. The third kappa shape index (κ3) is 2.25. The van der Waals surface area contributed by atoms with Gasteiger partial charge in [0.2, 0.25) is 0 Å². The first kappa shape index (κ1) is 12.2. The molecule has 1 aromatic carbocycles. The SMILES string of the molecule is NCC1(C(=O)c2ccccc2F)CCCCC1. The van der Waals surface area contributed by atoms with Gasteiger partial charge in [0.25, 0.3) is 0 Å². The minimum atomic E-state index is -0.527. The molecular weight excluding hydrogens is 217 g/mol. The van der Waals surface area contributed by atoms with E-state index in [0.29, 0.717) is 6.54 Å². The molecule has 17 heavy (non-hydrogen) atoms. The first-order valence-electron chi connectivity index (χ1n) is 6.19. The van der Waals surface area contributed by atoms with E-state index in [0.717, 1.165) is 32.1 Å². The number of carbonyl (C=O) groups is 1. The minimum Gasteiger partial charge on any atom is -0.329 e. The number of Topliss-reactive ketones (excluding diaryl/α,β-unsaturated/α-hetero) is 1. The molecule has 0 atom stereocenters. The van der Waals surface area contributed by atoms with Gasteiger partial charge in [-0.15, -0.1) is 0 Å². The molecule has 1 aliphatic carbocycles. The van der Waals surface area contributed by atoms with Crippen LogP contribution in [0.1, 0.15) is 42.5 Å². The molecule has 0 aromatic heterocycles. The Morgan fingerprint density at radius 3 is 2.47 bits per heavy atom. The summed E-state index contributed by atoms with van der Waals surface area (Å²) >= 11 is 0. The van der Waals surface area contributed by atoms with Gasteiger partial charge >= 0.3 is 0 Å². The van der Waals surface area contributed by atoms with Crippen LogP contribution in [-0.2, 0) is 0 Å². The summed E-state index contributed by atoms with van der Waals surface area (Å²) in [5.41, 5.74) is 5.45. The molecule has 0 aliphatic heterocycles. The standard InChI is InChI=1S/C14H18FNO/c15-12-7-3-2-6-11(12)13(17)14(10-16)8-4-1-5-9-14/h2-3,6-7H,1,4-5,8-10,16H2. The Labute approximate surface area is 101 Å².